The first-order valence-corrected chi connectivity index (χ1v) is 11.4. The van der Waals surface area contributed by atoms with E-state index in [4.69, 9.17) is 9.84 Å². The molecular weight excluding hydrogens is 294 g/mol. The number of aliphatic hydroxyl groups is 1. The minimum absolute atomic E-state index is 0.0368. The fourth-order valence-electron chi connectivity index (χ4n) is 2.36. The van der Waals surface area contributed by atoms with Crippen molar-refractivity contribution in [3.8, 4) is 0 Å². The van der Waals surface area contributed by atoms with Crippen LogP contribution in [0.5, 0.6) is 0 Å². The summed E-state index contributed by atoms with van der Waals surface area (Å²) in [5.74, 6) is 0. The summed E-state index contributed by atoms with van der Waals surface area (Å²) in [5, 5.41) is 10.7. The lowest BCUT2D eigenvalue weighted by Gasteiger charge is -2.16. The SMILES string of the molecule is C[Si](C)(C)CCOCn1ccc2c(CCO)cccc2c1=O. The average molecular weight is 319 g/mol. The Bertz CT molecular complexity index is 688. The lowest BCUT2D eigenvalue weighted by atomic mass is 10.0. The van der Waals surface area contributed by atoms with E-state index < -0.39 is 8.07 Å². The molecule has 0 aliphatic heterocycles. The van der Waals surface area contributed by atoms with Gasteiger partial charge in [0.25, 0.3) is 5.56 Å². The molecule has 0 amide bonds. The Morgan fingerprint density at radius 3 is 2.64 bits per heavy atom. The summed E-state index contributed by atoms with van der Waals surface area (Å²) in [4.78, 5) is 12.5. The maximum Gasteiger partial charge on any atom is 0.260 e. The highest BCUT2D eigenvalue weighted by molar-refractivity contribution is 6.76. The fourth-order valence-corrected chi connectivity index (χ4v) is 3.12. The molecule has 0 saturated heterocycles. The van der Waals surface area contributed by atoms with E-state index in [1.165, 1.54) is 0 Å². The molecule has 0 radical (unpaired) electrons. The highest BCUT2D eigenvalue weighted by Crippen LogP contribution is 2.16. The molecule has 22 heavy (non-hydrogen) atoms. The Balaban J connectivity index is 2.16. The number of pyridine rings is 1. The maximum absolute atomic E-state index is 12.5. The lowest BCUT2D eigenvalue weighted by molar-refractivity contribution is 0.0851. The minimum Gasteiger partial charge on any atom is -0.396 e. The number of hydrogen-bond acceptors (Lipinski definition) is 3. The summed E-state index contributed by atoms with van der Waals surface area (Å²) in [7, 11) is -1.11. The third-order valence-electron chi connectivity index (χ3n) is 3.72. The zero-order chi connectivity index (χ0) is 16.2. The summed E-state index contributed by atoms with van der Waals surface area (Å²) < 4.78 is 7.27. The first kappa shape index (κ1) is 16.9. The number of ether oxygens (including phenoxy) is 1. The van der Waals surface area contributed by atoms with Gasteiger partial charge < -0.3 is 9.84 Å². The summed E-state index contributed by atoms with van der Waals surface area (Å²) in [6, 6.07) is 8.68. The summed E-state index contributed by atoms with van der Waals surface area (Å²) >= 11 is 0. The van der Waals surface area contributed by atoms with Gasteiger partial charge in [0.1, 0.15) is 6.73 Å². The van der Waals surface area contributed by atoms with Gasteiger partial charge in [-0.1, -0.05) is 31.8 Å². The number of benzene rings is 1. The van der Waals surface area contributed by atoms with Gasteiger partial charge in [-0.2, -0.15) is 0 Å². The summed E-state index contributed by atoms with van der Waals surface area (Å²) in [6.45, 7) is 8.00. The highest BCUT2D eigenvalue weighted by Gasteiger charge is 2.12. The van der Waals surface area contributed by atoms with E-state index in [1.807, 2.05) is 24.3 Å². The van der Waals surface area contributed by atoms with Crippen LogP contribution in [-0.2, 0) is 17.9 Å². The predicted octanol–water partition coefficient (Wildman–Crippen LogP) is 2.85. The van der Waals surface area contributed by atoms with Gasteiger partial charge in [-0.3, -0.25) is 9.36 Å². The Morgan fingerprint density at radius 2 is 1.95 bits per heavy atom. The van der Waals surface area contributed by atoms with Gasteiger partial charge in [-0.25, -0.2) is 0 Å². The Hall–Kier alpha value is -1.43. The zero-order valence-electron chi connectivity index (χ0n) is 13.6. The molecule has 1 heterocycles. The van der Waals surface area contributed by atoms with Crippen molar-refractivity contribution in [2.75, 3.05) is 13.2 Å². The fraction of sp³-hybridized carbons (Fsp3) is 0.471. The molecule has 1 N–H and O–H groups in total. The van der Waals surface area contributed by atoms with E-state index >= 15 is 0 Å². The molecule has 1 aromatic carbocycles. The van der Waals surface area contributed by atoms with Crippen molar-refractivity contribution in [1.29, 1.82) is 0 Å². The molecule has 2 aromatic rings. The van der Waals surface area contributed by atoms with Crippen LogP contribution < -0.4 is 5.56 Å². The van der Waals surface area contributed by atoms with Gasteiger partial charge in [-0.05, 0) is 35.5 Å². The quantitative estimate of drug-likeness (QED) is 0.631. The molecule has 0 saturated carbocycles. The molecule has 0 bridgehead atoms. The van der Waals surface area contributed by atoms with Gasteiger partial charge in [0.15, 0.2) is 0 Å². The molecule has 0 unspecified atom stereocenters. The van der Waals surface area contributed by atoms with Crippen molar-refractivity contribution in [1.82, 2.24) is 4.57 Å². The number of aromatic nitrogens is 1. The largest absolute Gasteiger partial charge is 0.396 e. The van der Waals surface area contributed by atoms with Crippen LogP contribution in [0.4, 0.5) is 0 Å². The zero-order valence-corrected chi connectivity index (χ0v) is 14.6. The lowest BCUT2D eigenvalue weighted by Crippen LogP contribution is -2.24. The van der Waals surface area contributed by atoms with Crippen molar-refractivity contribution in [2.45, 2.75) is 38.8 Å². The van der Waals surface area contributed by atoms with Crippen molar-refractivity contribution in [3.63, 3.8) is 0 Å². The monoisotopic (exact) mass is 319 g/mol. The number of rotatable bonds is 7. The third kappa shape index (κ3) is 4.29. The molecule has 5 heteroatoms. The average Bonchev–Trinajstić information content (AvgIpc) is 2.45. The molecular formula is C17H25NO3Si. The van der Waals surface area contributed by atoms with Crippen molar-refractivity contribution >= 4 is 18.8 Å². The van der Waals surface area contributed by atoms with E-state index in [0.717, 1.165) is 17.0 Å². The third-order valence-corrected chi connectivity index (χ3v) is 5.42. The maximum atomic E-state index is 12.5. The molecule has 0 spiro atoms. The topological polar surface area (TPSA) is 51.5 Å². The van der Waals surface area contributed by atoms with Crippen LogP contribution in [0, 0.1) is 0 Å². The summed E-state index contributed by atoms with van der Waals surface area (Å²) in [5.41, 5.74) is 0.967. The number of hydrogen-bond donors (Lipinski definition) is 1. The normalized spacial score (nSPS) is 12.0. The highest BCUT2D eigenvalue weighted by atomic mass is 28.3. The molecule has 4 nitrogen and oxygen atoms in total. The van der Waals surface area contributed by atoms with Crippen molar-refractivity contribution in [3.05, 3.63) is 46.4 Å². The molecule has 1 aromatic heterocycles. The van der Waals surface area contributed by atoms with E-state index in [2.05, 4.69) is 19.6 Å². The van der Waals surface area contributed by atoms with E-state index in [1.54, 1.807) is 10.8 Å². The second-order valence-electron chi connectivity index (χ2n) is 6.79. The van der Waals surface area contributed by atoms with E-state index in [-0.39, 0.29) is 12.2 Å². The van der Waals surface area contributed by atoms with Crippen LogP contribution in [0.1, 0.15) is 5.56 Å². The second kappa shape index (κ2) is 7.22. The first-order chi connectivity index (χ1) is 10.4. The second-order valence-corrected chi connectivity index (χ2v) is 12.4. The van der Waals surface area contributed by atoms with E-state index in [0.29, 0.717) is 25.1 Å². The van der Waals surface area contributed by atoms with Gasteiger partial charge in [-0.15, -0.1) is 0 Å². The van der Waals surface area contributed by atoms with Crippen molar-refractivity contribution < 1.29 is 9.84 Å². The van der Waals surface area contributed by atoms with E-state index in [9.17, 15) is 4.79 Å². The van der Waals surface area contributed by atoms with Gasteiger partial charge >= 0.3 is 0 Å². The van der Waals surface area contributed by atoms with Gasteiger partial charge in [0.2, 0.25) is 0 Å². The minimum atomic E-state index is -1.11. The first-order valence-electron chi connectivity index (χ1n) is 7.72. The Labute approximate surface area is 132 Å². The standard InChI is InChI=1S/C17H25NO3Si/c1-22(2,3)12-11-21-13-18-9-7-15-14(8-10-19)5-4-6-16(15)17(18)20/h4-7,9,19H,8,10-13H2,1-3H3. The van der Waals surface area contributed by atoms with Crippen LogP contribution in [0.3, 0.4) is 0 Å². The predicted molar refractivity (Wildman–Crippen MR) is 93.1 cm³/mol. The van der Waals surface area contributed by atoms with Crippen molar-refractivity contribution in [2.24, 2.45) is 0 Å². The molecule has 120 valence electrons. The Kier molecular flexibility index (Phi) is 5.56. The number of fused-ring (bicyclic) bond motifs is 1. The summed E-state index contributed by atoms with van der Waals surface area (Å²) in [6.07, 6.45) is 2.34. The van der Waals surface area contributed by atoms with Gasteiger partial charge in [0.05, 0.1) is 0 Å². The molecule has 0 aliphatic rings. The smallest absolute Gasteiger partial charge is 0.260 e. The number of nitrogens with zero attached hydrogens (tertiary/aromatic N) is 1. The molecule has 0 atom stereocenters. The van der Waals surface area contributed by atoms with Crippen LogP contribution in [0.2, 0.25) is 25.7 Å². The van der Waals surface area contributed by atoms with Gasteiger partial charge in [0, 0.05) is 32.9 Å². The number of aliphatic hydroxyl groups excluding tert-OH is 1. The van der Waals surface area contributed by atoms with Crippen LogP contribution in [0.15, 0.2) is 35.3 Å². The van der Waals surface area contributed by atoms with Crippen LogP contribution in [-0.4, -0.2) is 31.0 Å². The van der Waals surface area contributed by atoms with Crippen LogP contribution >= 0.6 is 0 Å². The molecule has 0 fully saturated rings. The molecule has 0 aliphatic carbocycles. The van der Waals surface area contributed by atoms with Crippen LogP contribution in [0.25, 0.3) is 10.8 Å². The Morgan fingerprint density at radius 1 is 1.18 bits per heavy atom. The molecule has 2 rings (SSSR count).